The molecule has 0 fully saturated rings. The Hall–Kier alpha value is 0.320. The van der Waals surface area contributed by atoms with E-state index in [1.807, 2.05) is 11.3 Å². The molecule has 0 amide bonds. The van der Waals surface area contributed by atoms with E-state index in [4.69, 9.17) is 0 Å². The minimum absolute atomic E-state index is 0.409. The van der Waals surface area contributed by atoms with Gasteiger partial charge in [-0.3, -0.25) is 0 Å². The van der Waals surface area contributed by atoms with Gasteiger partial charge in [0.1, 0.15) is 0 Å². The second kappa shape index (κ2) is 6.48. The molecule has 1 nitrogen and oxygen atoms in total. The highest BCUT2D eigenvalue weighted by atomic mass is 79.9. The molecule has 2 aromatic rings. The average Bonchev–Trinajstić information content (AvgIpc) is 2.88. The molecule has 5 heteroatoms. The minimum Gasteiger partial charge on any atom is -0.309 e. The maximum atomic E-state index is 3.60. The Morgan fingerprint density at radius 3 is 2.71 bits per heavy atom. The van der Waals surface area contributed by atoms with E-state index in [2.05, 4.69) is 67.0 Å². The summed E-state index contributed by atoms with van der Waals surface area (Å²) in [6, 6.07) is 4.73. The largest absolute Gasteiger partial charge is 0.309 e. The van der Waals surface area contributed by atoms with Crippen molar-refractivity contribution < 1.29 is 0 Å². The number of nitrogens with one attached hydrogen (secondary N) is 1. The molecule has 1 unspecified atom stereocenters. The first-order valence-electron chi connectivity index (χ1n) is 5.40. The summed E-state index contributed by atoms with van der Waals surface area (Å²) in [5.41, 5.74) is 0. The second-order valence-electron chi connectivity index (χ2n) is 3.67. The molecule has 0 aromatic carbocycles. The van der Waals surface area contributed by atoms with Crippen LogP contribution >= 0.6 is 54.5 Å². The maximum Gasteiger partial charge on any atom is 0.0464 e. The van der Waals surface area contributed by atoms with Crippen LogP contribution in [-0.4, -0.2) is 6.54 Å². The van der Waals surface area contributed by atoms with Gasteiger partial charge in [0, 0.05) is 36.5 Å². The Bertz CT molecular complexity index is 478. The van der Waals surface area contributed by atoms with Crippen LogP contribution in [-0.2, 0) is 6.42 Å². The van der Waals surface area contributed by atoms with E-state index in [1.165, 1.54) is 18.7 Å². The fourth-order valence-corrected chi connectivity index (χ4v) is 4.77. The number of hydrogen-bond acceptors (Lipinski definition) is 3. The summed E-state index contributed by atoms with van der Waals surface area (Å²) in [7, 11) is 0. The fraction of sp³-hybridized carbons (Fsp3) is 0.333. The zero-order chi connectivity index (χ0) is 12.3. The van der Waals surface area contributed by atoms with Gasteiger partial charge in [0.15, 0.2) is 0 Å². The lowest BCUT2D eigenvalue weighted by Gasteiger charge is -2.15. The zero-order valence-electron chi connectivity index (χ0n) is 9.37. The van der Waals surface area contributed by atoms with Gasteiger partial charge in [0.05, 0.1) is 0 Å². The lowest BCUT2D eigenvalue weighted by atomic mass is 10.1. The van der Waals surface area contributed by atoms with Crippen molar-refractivity contribution in [1.82, 2.24) is 5.32 Å². The van der Waals surface area contributed by atoms with E-state index in [0.29, 0.717) is 6.04 Å². The van der Waals surface area contributed by atoms with Crippen LogP contribution in [0.25, 0.3) is 0 Å². The van der Waals surface area contributed by atoms with E-state index >= 15 is 0 Å². The van der Waals surface area contributed by atoms with Gasteiger partial charge in [-0.05, 0) is 55.9 Å². The lowest BCUT2D eigenvalue weighted by Crippen LogP contribution is -2.21. The Kier molecular flexibility index (Phi) is 5.24. The van der Waals surface area contributed by atoms with Crippen LogP contribution in [0.3, 0.4) is 0 Å². The molecule has 0 aliphatic heterocycles. The first-order chi connectivity index (χ1) is 8.20. The Balaban J connectivity index is 2.15. The zero-order valence-corrected chi connectivity index (χ0v) is 14.2. The molecule has 0 bridgehead atoms. The summed E-state index contributed by atoms with van der Waals surface area (Å²) < 4.78 is 2.40. The molecule has 1 N–H and O–H groups in total. The Morgan fingerprint density at radius 2 is 2.18 bits per heavy atom. The van der Waals surface area contributed by atoms with Gasteiger partial charge in [0.25, 0.3) is 0 Å². The molecule has 0 radical (unpaired) electrons. The predicted molar refractivity (Wildman–Crippen MR) is 84.2 cm³/mol. The van der Waals surface area contributed by atoms with Crippen LogP contribution in [0, 0.1) is 0 Å². The molecule has 0 saturated heterocycles. The van der Waals surface area contributed by atoms with Crippen molar-refractivity contribution in [2.75, 3.05) is 6.54 Å². The molecule has 2 heterocycles. The molecule has 1 atom stereocenters. The maximum absolute atomic E-state index is 3.60. The number of halogens is 2. The molecule has 0 aliphatic rings. The highest BCUT2D eigenvalue weighted by molar-refractivity contribution is 9.10. The van der Waals surface area contributed by atoms with Crippen molar-refractivity contribution in [3.05, 3.63) is 41.6 Å². The summed E-state index contributed by atoms with van der Waals surface area (Å²) in [6.45, 7) is 3.14. The quantitative estimate of drug-likeness (QED) is 0.732. The standard InChI is InChI=1S/C12H13Br2NS2/c1-2-15-10(12-5-8(13)7-17-12)6-11-9(14)3-4-16-11/h3-5,7,10,15H,2,6H2,1H3. The normalized spacial score (nSPS) is 12.9. The third-order valence-corrected chi connectivity index (χ3v) is 6.22. The molecule has 17 heavy (non-hydrogen) atoms. The summed E-state index contributed by atoms with van der Waals surface area (Å²) in [5.74, 6) is 0. The van der Waals surface area contributed by atoms with Crippen molar-refractivity contribution in [3.63, 3.8) is 0 Å². The van der Waals surface area contributed by atoms with Crippen molar-refractivity contribution in [1.29, 1.82) is 0 Å². The summed E-state index contributed by atoms with van der Waals surface area (Å²) >= 11 is 10.7. The van der Waals surface area contributed by atoms with Gasteiger partial charge >= 0.3 is 0 Å². The van der Waals surface area contributed by atoms with Crippen molar-refractivity contribution in [2.24, 2.45) is 0 Å². The Labute approximate surface area is 127 Å². The van der Waals surface area contributed by atoms with Crippen molar-refractivity contribution in [2.45, 2.75) is 19.4 Å². The SMILES string of the molecule is CCNC(Cc1sccc1Br)c1cc(Br)cs1. The number of thiophene rings is 2. The monoisotopic (exact) mass is 393 g/mol. The summed E-state index contributed by atoms with van der Waals surface area (Å²) in [4.78, 5) is 2.79. The first-order valence-corrected chi connectivity index (χ1v) is 8.74. The molecule has 2 rings (SSSR count). The number of rotatable bonds is 5. The predicted octanol–water partition coefficient (Wildman–Crippen LogP) is 5.23. The van der Waals surface area contributed by atoms with Gasteiger partial charge < -0.3 is 5.32 Å². The fourth-order valence-electron chi connectivity index (χ4n) is 1.69. The van der Waals surface area contributed by atoms with Crippen molar-refractivity contribution in [3.8, 4) is 0 Å². The van der Waals surface area contributed by atoms with E-state index in [-0.39, 0.29) is 0 Å². The van der Waals surface area contributed by atoms with Gasteiger partial charge in [0.2, 0.25) is 0 Å². The topological polar surface area (TPSA) is 12.0 Å². The van der Waals surface area contributed by atoms with Crippen molar-refractivity contribution >= 4 is 54.5 Å². The second-order valence-corrected chi connectivity index (χ2v) is 7.39. The van der Waals surface area contributed by atoms with Gasteiger partial charge in [-0.15, -0.1) is 22.7 Å². The molecule has 0 aliphatic carbocycles. The van der Waals surface area contributed by atoms with Gasteiger partial charge in [-0.1, -0.05) is 6.92 Å². The van der Waals surface area contributed by atoms with Crippen LogP contribution in [0.15, 0.2) is 31.8 Å². The van der Waals surface area contributed by atoms with Gasteiger partial charge in [-0.25, -0.2) is 0 Å². The molecule has 0 spiro atoms. The lowest BCUT2D eigenvalue weighted by molar-refractivity contribution is 0.561. The van der Waals surface area contributed by atoms with E-state index < -0.39 is 0 Å². The first kappa shape index (κ1) is 13.7. The van der Waals surface area contributed by atoms with E-state index in [9.17, 15) is 0 Å². The molecule has 2 aromatic heterocycles. The van der Waals surface area contributed by atoms with Gasteiger partial charge in [-0.2, -0.15) is 0 Å². The van der Waals surface area contributed by atoms with Crippen LogP contribution in [0.1, 0.15) is 22.7 Å². The van der Waals surface area contributed by atoms with E-state index in [0.717, 1.165) is 13.0 Å². The third-order valence-electron chi connectivity index (χ3n) is 2.46. The molecular weight excluding hydrogens is 382 g/mol. The van der Waals surface area contributed by atoms with Crippen LogP contribution in [0.5, 0.6) is 0 Å². The smallest absolute Gasteiger partial charge is 0.0464 e. The molecule has 0 saturated carbocycles. The van der Waals surface area contributed by atoms with E-state index in [1.54, 1.807) is 11.3 Å². The van der Waals surface area contributed by atoms with Crippen LogP contribution < -0.4 is 5.32 Å². The molecule has 92 valence electrons. The number of likely N-dealkylation sites (N-methyl/N-ethyl adjacent to an activating group) is 1. The Morgan fingerprint density at radius 1 is 1.35 bits per heavy atom. The summed E-state index contributed by atoms with van der Waals surface area (Å²) in [5, 5.41) is 7.83. The highest BCUT2D eigenvalue weighted by Crippen LogP contribution is 2.32. The highest BCUT2D eigenvalue weighted by Gasteiger charge is 2.15. The van der Waals surface area contributed by atoms with Crippen LogP contribution in [0.2, 0.25) is 0 Å². The average molecular weight is 395 g/mol. The number of hydrogen-bond donors (Lipinski definition) is 1. The van der Waals surface area contributed by atoms with Crippen LogP contribution in [0.4, 0.5) is 0 Å². The molecular formula is C12H13Br2NS2. The summed E-state index contributed by atoms with van der Waals surface area (Å²) in [6.07, 6.45) is 1.04. The third kappa shape index (κ3) is 3.64. The minimum atomic E-state index is 0.409.